The van der Waals surface area contributed by atoms with Gasteiger partial charge in [0.1, 0.15) is 60.1 Å². The van der Waals surface area contributed by atoms with Crippen molar-refractivity contribution in [3.05, 3.63) is 102 Å². The first kappa shape index (κ1) is 69.5. The lowest BCUT2D eigenvalue weighted by Gasteiger charge is -2.30. The SMILES string of the molecule is CC[C@H](C)[C@H](NC(=O)[C@@H](Cc1ccccc1)NC(=O)[C@@H]1CCC(=O)N1)C(=O)N[C@@H](CO)C(=O)N[C@@H](Cc1ccc(O)cc1)C(=O)N[C@H](Cc1c[nH]c2ccccc12)C(=O)N[C@@H](CC(C)C)C(=O)N[C@@H](CCCN=C(N)N)C(=O)N1CCC[C@H]1C(=O)NCC(N)=O. The van der Waals surface area contributed by atoms with Crippen molar-refractivity contribution >= 4 is 81.8 Å². The van der Waals surface area contributed by atoms with Gasteiger partial charge < -0.3 is 85.1 Å². The molecule has 3 heterocycles. The maximum atomic E-state index is 15.0. The van der Waals surface area contributed by atoms with Crippen molar-refractivity contribution in [2.45, 2.75) is 153 Å². The molecule has 0 radical (unpaired) electrons. The number of phenolic OH excluding ortho intramolecular Hbond substituents is 1. The molecular weight excluding hydrogens is 1160 g/mol. The monoisotopic (exact) mass is 1250 g/mol. The van der Waals surface area contributed by atoms with Crippen molar-refractivity contribution < 1.29 is 63.0 Å². The molecule has 0 aliphatic carbocycles. The molecule has 28 heteroatoms. The normalized spacial score (nSPS) is 17.2. The number of hydrogen-bond acceptors (Lipinski definition) is 14. The van der Waals surface area contributed by atoms with E-state index < -0.39 is 133 Å². The highest BCUT2D eigenvalue weighted by atomic mass is 16.3. The molecule has 90 heavy (non-hydrogen) atoms. The Morgan fingerprint density at radius 1 is 0.667 bits per heavy atom. The smallest absolute Gasteiger partial charge is 0.245 e. The molecule has 11 amide bonds. The van der Waals surface area contributed by atoms with Gasteiger partial charge in [0, 0.05) is 55.9 Å². The molecule has 4 aromatic rings. The molecule has 3 aromatic carbocycles. The highest BCUT2D eigenvalue weighted by Gasteiger charge is 2.40. The number of carbonyl (C=O) groups is 11. The minimum atomic E-state index is -1.74. The first-order valence-corrected chi connectivity index (χ1v) is 30.3. The third-order valence-electron chi connectivity index (χ3n) is 15.8. The molecule has 2 saturated heterocycles. The van der Waals surface area contributed by atoms with Crippen LogP contribution in [0.15, 0.2) is 90.1 Å². The average molecular weight is 1250 g/mol. The molecule has 18 N–H and O–H groups in total. The van der Waals surface area contributed by atoms with Crippen LogP contribution in [0.2, 0.25) is 0 Å². The molecule has 10 atom stereocenters. The zero-order valence-corrected chi connectivity index (χ0v) is 51.1. The fourth-order valence-corrected chi connectivity index (χ4v) is 10.7. The van der Waals surface area contributed by atoms with Gasteiger partial charge in [0.25, 0.3) is 0 Å². The van der Waals surface area contributed by atoms with Crippen LogP contribution >= 0.6 is 0 Å². The number of amides is 11. The number of phenols is 1. The van der Waals surface area contributed by atoms with E-state index in [1.165, 1.54) is 29.2 Å². The maximum Gasteiger partial charge on any atom is 0.245 e. The third-order valence-corrected chi connectivity index (χ3v) is 15.8. The Hall–Kier alpha value is -9.60. The van der Waals surface area contributed by atoms with Crippen LogP contribution in [-0.4, -0.2) is 172 Å². The Kier molecular flexibility index (Phi) is 26.0. The van der Waals surface area contributed by atoms with Crippen LogP contribution in [0.3, 0.4) is 0 Å². The van der Waals surface area contributed by atoms with Gasteiger partial charge in [-0.1, -0.05) is 94.8 Å². The number of fused-ring (bicyclic) bond motifs is 1. The highest BCUT2D eigenvalue weighted by molar-refractivity contribution is 6.00. The number of aliphatic hydroxyl groups excluding tert-OH is 1. The number of aromatic nitrogens is 1. The van der Waals surface area contributed by atoms with E-state index in [-0.39, 0.29) is 94.4 Å². The van der Waals surface area contributed by atoms with Gasteiger partial charge in [0.2, 0.25) is 65.0 Å². The quantitative estimate of drug-likeness (QED) is 0.0144. The minimum Gasteiger partial charge on any atom is -0.508 e. The molecular formula is C62H85N15O13. The molecule has 2 fully saturated rings. The third kappa shape index (κ3) is 20.5. The number of H-pyrrole nitrogens is 1. The van der Waals surface area contributed by atoms with Crippen LogP contribution in [0.1, 0.15) is 95.8 Å². The summed E-state index contributed by atoms with van der Waals surface area (Å²) in [6.45, 7) is 5.84. The number of aromatic hydroxyl groups is 1. The number of guanidine groups is 1. The van der Waals surface area contributed by atoms with Crippen LogP contribution in [0, 0.1) is 11.8 Å². The first-order valence-electron chi connectivity index (χ1n) is 30.3. The second-order valence-corrected chi connectivity index (χ2v) is 23.2. The fraction of sp³-hybridized carbons (Fsp3) is 0.484. The van der Waals surface area contributed by atoms with Gasteiger partial charge in [-0.3, -0.25) is 57.7 Å². The number of aliphatic imine (C=N–C) groups is 1. The van der Waals surface area contributed by atoms with E-state index in [0.717, 1.165) is 0 Å². The molecule has 6 rings (SSSR count). The van der Waals surface area contributed by atoms with Crippen LogP contribution in [-0.2, 0) is 72.0 Å². The van der Waals surface area contributed by atoms with E-state index in [1.54, 1.807) is 82.4 Å². The topological polar surface area (TPSA) is 446 Å². The van der Waals surface area contributed by atoms with Crippen molar-refractivity contribution in [1.29, 1.82) is 0 Å². The van der Waals surface area contributed by atoms with Gasteiger partial charge in [-0.15, -0.1) is 0 Å². The maximum absolute atomic E-state index is 15.0. The Balaban J connectivity index is 1.26. The van der Waals surface area contributed by atoms with Gasteiger partial charge in [-0.05, 0) is 85.3 Å². The van der Waals surface area contributed by atoms with Crippen LogP contribution in [0.25, 0.3) is 10.9 Å². The zero-order valence-electron chi connectivity index (χ0n) is 51.1. The molecule has 2 aliphatic heterocycles. The zero-order chi connectivity index (χ0) is 65.6. The number of aliphatic hydroxyl groups is 1. The Labute approximate surface area is 521 Å². The van der Waals surface area contributed by atoms with Crippen LogP contribution in [0.4, 0.5) is 0 Å². The van der Waals surface area contributed by atoms with Crippen LogP contribution < -0.4 is 65.1 Å². The van der Waals surface area contributed by atoms with Gasteiger partial charge in [0.05, 0.1) is 13.2 Å². The summed E-state index contributed by atoms with van der Waals surface area (Å²) in [7, 11) is 0. The molecule has 28 nitrogen and oxygen atoms in total. The number of nitrogens with zero attached hydrogens (tertiary/aromatic N) is 2. The second kappa shape index (κ2) is 33.7. The summed E-state index contributed by atoms with van der Waals surface area (Å²) in [4.78, 5) is 160. The van der Waals surface area contributed by atoms with Gasteiger partial charge in [-0.25, -0.2) is 0 Å². The van der Waals surface area contributed by atoms with Gasteiger partial charge in [-0.2, -0.15) is 0 Å². The van der Waals surface area contributed by atoms with Crippen molar-refractivity contribution in [1.82, 2.24) is 57.7 Å². The van der Waals surface area contributed by atoms with Crippen molar-refractivity contribution in [2.24, 2.45) is 34.0 Å². The molecule has 0 unspecified atom stereocenters. The minimum absolute atomic E-state index is 0.000366. The number of carbonyl (C=O) groups excluding carboxylic acids is 11. The number of nitrogens with one attached hydrogen (secondary N) is 10. The van der Waals surface area contributed by atoms with Crippen LogP contribution in [0.5, 0.6) is 5.75 Å². The van der Waals surface area contributed by atoms with E-state index in [1.807, 2.05) is 6.07 Å². The van der Waals surface area contributed by atoms with E-state index in [4.69, 9.17) is 17.2 Å². The number of primary amides is 1. The number of nitrogens with two attached hydrogens (primary N) is 3. The number of aromatic amines is 1. The van der Waals surface area contributed by atoms with Crippen molar-refractivity contribution in [3.8, 4) is 5.75 Å². The predicted octanol–water partition coefficient (Wildman–Crippen LogP) is -1.70. The average Bonchev–Trinajstić information content (AvgIpc) is 1.77. The lowest BCUT2D eigenvalue weighted by Crippen LogP contribution is -2.62. The standard InChI is InChI=1S/C62H85N15O13/c1-5-35(4)52(76-57(86)46(28-36-13-7-6-8-14-36)72-53(82)42-23-24-51(81)69-42)60(89)75-48(33-78)58(87)73-45(29-37-19-21-39(79)22-20-37)55(84)74-47(30-38-31-67-41-16-10-9-15-40(38)41)56(85)71-44(27-34(2)3)54(83)70-43(17-11-25-66-62(64)65)61(90)77-26-12-18-49(77)59(88)68-32-50(63)80/h6-10,13-16,19-22,31,34-35,42-49,52,67,78-79H,5,11-12,17-18,23-30,32-33H2,1-4H3,(H2,63,80)(H,68,88)(H,69,81)(H,70,83)(H,71,85)(H,72,82)(H,73,87)(H,74,84)(H,75,89)(H,76,86)(H4,64,65,66)/t35-,42-,43-,44-,45-,46+,47+,48-,49-,52-/m0/s1. The van der Waals surface area contributed by atoms with Crippen molar-refractivity contribution in [3.63, 3.8) is 0 Å². The number of para-hydroxylation sites is 1. The number of hydrogen-bond donors (Lipinski definition) is 15. The number of benzene rings is 3. The molecule has 1 aromatic heterocycles. The summed E-state index contributed by atoms with van der Waals surface area (Å²) in [5.74, 6) is -9.27. The fourth-order valence-electron chi connectivity index (χ4n) is 10.7. The summed E-state index contributed by atoms with van der Waals surface area (Å²) < 4.78 is 0. The summed E-state index contributed by atoms with van der Waals surface area (Å²) in [6, 6.07) is 9.93. The van der Waals surface area contributed by atoms with E-state index in [0.29, 0.717) is 40.4 Å². The number of rotatable bonds is 33. The van der Waals surface area contributed by atoms with E-state index in [2.05, 4.69) is 57.8 Å². The molecule has 0 spiro atoms. The summed E-state index contributed by atoms with van der Waals surface area (Å²) in [6.07, 6.45) is 2.85. The molecule has 0 saturated carbocycles. The lowest BCUT2D eigenvalue weighted by molar-refractivity contribution is -0.142. The molecule has 2 aliphatic rings. The van der Waals surface area contributed by atoms with E-state index in [9.17, 15) is 63.0 Å². The van der Waals surface area contributed by atoms with Crippen molar-refractivity contribution in [2.75, 3.05) is 26.2 Å². The largest absolute Gasteiger partial charge is 0.508 e. The van der Waals surface area contributed by atoms with Gasteiger partial charge in [0.15, 0.2) is 5.96 Å². The van der Waals surface area contributed by atoms with E-state index >= 15 is 0 Å². The first-order chi connectivity index (χ1) is 42.9. The summed E-state index contributed by atoms with van der Waals surface area (Å²) >= 11 is 0. The molecule has 0 bridgehead atoms. The highest BCUT2D eigenvalue weighted by Crippen LogP contribution is 2.23. The van der Waals surface area contributed by atoms with Gasteiger partial charge >= 0.3 is 0 Å². The Morgan fingerprint density at radius 3 is 1.87 bits per heavy atom. The Morgan fingerprint density at radius 2 is 1.24 bits per heavy atom. The summed E-state index contributed by atoms with van der Waals surface area (Å²) in [5, 5.41) is 45.6. The Bertz CT molecular complexity index is 3210. The predicted molar refractivity (Wildman–Crippen MR) is 331 cm³/mol. The number of likely N-dealkylation sites (tertiary alicyclic amines) is 1. The summed E-state index contributed by atoms with van der Waals surface area (Å²) in [5.41, 5.74) is 18.8. The lowest BCUT2D eigenvalue weighted by atomic mass is 9.96. The second-order valence-electron chi connectivity index (χ2n) is 23.2. The molecule has 486 valence electrons.